The molecule has 0 saturated carbocycles. The van der Waals surface area contributed by atoms with E-state index in [1.807, 2.05) is 17.5 Å². The van der Waals surface area contributed by atoms with Crippen LogP contribution < -0.4 is 4.90 Å². The van der Waals surface area contributed by atoms with Crippen LogP contribution in [0.15, 0.2) is 35.7 Å². The van der Waals surface area contributed by atoms with Gasteiger partial charge in [0.25, 0.3) is 5.69 Å². The average molecular weight is 276 g/mol. The van der Waals surface area contributed by atoms with Crippen LogP contribution in [0.4, 0.5) is 11.4 Å². The van der Waals surface area contributed by atoms with E-state index in [0.717, 1.165) is 4.88 Å². The molecule has 1 aromatic heterocycles. The van der Waals surface area contributed by atoms with Crippen molar-refractivity contribution >= 4 is 29.0 Å². The maximum atomic E-state index is 11.1. The monoisotopic (exact) mass is 276 g/mol. The molecule has 0 amide bonds. The van der Waals surface area contributed by atoms with Crippen molar-refractivity contribution in [2.45, 2.75) is 6.54 Å². The van der Waals surface area contributed by atoms with Crippen molar-refractivity contribution in [1.29, 1.82) is 0 Å². The summed E-state index contributed by atoms with van der Waals surface area (Å²) >= 11 is 1.60. The second-order valence-electron chi connectivity index (χ2n) is 4.06. The summed E-state index contributed by atoms with van der Waals surface area (Å²) in [5.74, 6) is 0. The summed E-state index contributed by atoms with van der Waals surface area (Å²) in [6.45, 7) is 0.596. The van der Waals surface area contributed by atoms with Gasteiger partial charge in [0.1, 0.15) is 12.0 Å². The Morgan fingerprint density at radius 2 is 2.21 bits per heavy atom. The molecule has 0 spiro atoms. The molecule has 6 heteroatoms. The Kier molecular flexibility index (Phi) is 3.91. The molecule has 98 valence electrons. The number of nitro benzene ring substituents is 1. The molecule has 1 aromatic carbocycles. The number of anilines is 1. The molecule has 0 aliphatic carbocycles. The van der Waals surface area contributed by atoms with E-state index in [9.17, 15) is 14.9 Å². The maximum absolute atomic E-state index is 11.1. The standard InChI is InChI=1S/C13H12N2O3S/c1-14(8-11-3-2-6-19-11)12-5-4-10(9-16)7-13(12)15(17)18/h2-7,9H,8H2,1H3. The number of nitrogens with zero attached hydrogens (tertiary/aromatic N) is 2. The molecular formula is C13H12N2O3S. The highest BCUT2D eigenvalue weighted by Crippen LogP contribution is 2.29. The molecular weight excluding hydrogens is 264 g/mol. The second kappa shape index (κ2) is 5.62. The van der Waals surface area contributed by atoms with Gasteiger partial charge in [0.2, 0.25) is 0 Å². The Morgan fingerprint density at radius 1 is 1.42 bits per heavy atom. The van der Waals surface area contributed by atoms with Gasteiger partial charge in [-0.1, -0.05) is 6.07 Å². The molecule has 0 aliphatic heterocycles. The Morgan fingerprint density at radius 3 is 2.79 bits per heavy atom. The molecule has 1 heterocycles. The Bertz CT molecular complexity index is 596. The van der Waals surface area contributed by atoms with Crippen molar-refractivity contribution in [2.75, 3.05) is 11.9 Å². The lowest BCUT2D eigenvalue weighted by Crippen LogP contribution is -2.17. The van der Waals surface area contributed by atoms with Crippen LogP contribution in [-0.2, 0) is 6.54 Å². The summed E-state index contributed by atoms with van der Waals surface area (Å²) in [6, 6.07) is 8.41. The molecule has 0 unspecified atom stereocenters. The van der Waals surface area contributed by atoms with Gasteiger partial charge in [-0.05, 0) is 23.6 Å². The van der Waals surface area contributed by atoms with Gasteiger partial charge in [0.15, 0.2) is 0 Å². The van der Waals surface area contributed by atoms with Crippen LogP contribution >= 0.6 is 11.3 Å². The summed E-state index contributed by atoms with van der Waals surface area (Å²) in [5, 5.41) is 13.0. The number of rotatable bonds is 5. The minimum Gasteiger partial charge on any atom is -0.364 e. The summed E-state index contributed by atoms with van der Waals surface area (Å²) in [5.41, 5.74) is 0.757. The predicted molar refractivity (Wildman–Crippen MR) is 74.9 cm³/mol. The molecule has 2 aromatic rings. The molecule has 0 bridgehead atoms. The van der Waals surface area contributed by atoms with E-state index >= 15 is 0 Å². The first-order chi connectivity index (χ1) is 9.11. The van der Waals surface area contributed by atoms with Gasteiger partial charge in [-0.15, -0.1) is 11.3 Å². The van der Waals surface area contributed by atoms with E-state index in [1.165, 1.54) is 6.07 Å². The van der Waals surface area contributed by atoms with Crippen LogP contribution in [0.25, 0.3) is 0 Å². The highest BCUT2D eigenvalue weighted by Gasteiger charge is 2.18. The number of carbonyl (C=O) groups is 1. The molecule has 0 aliphatic rings. The van der Waals surface area contributed by atoms with Crippen molar-refractivity contribution in [3.63, 3.8) is 0 Å². The molecule has 0 atom stereocenters. The molecule has 0 fully saturated rings. The number of hydrogen-bond acceptors (Lipinski definition) is 5. The van der Waals surface area contributed by atoms with E-state index in [2.05, 4.69) is 0 Å². The molecule has 0 N–H and O–H groups in total. The quantitative estimate of drug-likeness (QED) is 0.478. The van der Waals surface area contributed by atoms with Gasteiger partial charge in [-0.25, -0.2) is 0 Å². The van der Waals surface area contributed by atoms with Crippen LogP contribution in [0, 0.1) is 10.1 Å². The highest BCUT2D eigenvalue weighted by molar-refractivity contribution is 7.09. The third kappa shape index (κ3) is 2.97. The minimum absolute atomic E-state index is 0.0522. The predicted octanol–water partition coefficient (Wildman–Crippen LogP) is 3.11. The zero-order valence-electron chi connectivity index (χ0n) is 10.3. The van der Waals surface area contributed by atoms with E-state index in [0.29, 0.717) is 24.1 Å². The SMILES string of the molecule is CN(Cc1cccs1)c1ccc(C=O)cc1[N+](=O)[O-]. The third-order valence-corrected chi connectivity index (χ3v) is 3.58. The first-order valence-electron chi connectivity index (χ1n) is 5.59. The lowest BCUT2D eigenvalue weighted by atomic mass is 10.1. The fourth-order valence-electron chi connectivity index (χ4n) is 1.80. The van der Waals surface area contributed by atoms with Crippen molar-refractivity contribution in [1.82, 2.24) is 0 Å². The summed E-state index contributed by atoms with van der Waals surface area (Å²) in [4.78, 5) is 24.2. The number of benzene rings is 1. The lowest BCUT2D eigenvalue weighted by Gasteiger charge is -2.18. The normalized spacial score (nSPS) is 10.2. The third-order valence-electron chi connectivity index (χ3n) is 2.72. The van der Waals surface area contributed by atoms with E-state index in [4.69, 9.17) is 0 Å². The average Bonchev–Trinajstić information content (AvgIpc) is 2.90. The van der Waals surface area contributed by atoms with Crippen LogP contribution in [0.5, 0.6) is 0 Å². The van der Waals surface area contributed by atoms with Crippen molar-refractivity contribution in [2.24, 2.45) is 0 Å². The Hall–Kier alpha value is -2.21. The van der Waals surface area contributed by atoms with Crippen molar-refractivity contribution in [3.8, 4) is 0 Å². The number of carbonyl (C=O) groups excluding carboxylic acids is 1. The number of aldehydes is 1. The highest BCUT2D eigenvalue weighted by atomic mass is 32.1. The summed E-state index contributed by atoms with van der Waals surface area (Å²) in [7, 11) is 1.79. The fraction of sp³-hybridized carbons (Fsp3) is 0.154. The van der Waals surface area contributed by atoms with E-state index in [-0.39, 0.29) is 5.69 Å². The summed E-state index contributed by atoms with van der Waals surface area (Å²) in [6.07, 6.45) is 0.607. The van der Waals surface area contributed by atoms with E-state index < -0.39 is 4.92 Å². The van der Waals surface area contributed by atoms with Gasteiger partial charge >= 0.3 is 0 Å². The number of thiophene rings is 1. The molecule has 2 rings (SSSR count). The minimum atomic E-state index is -0.465. The number of hydrogen-bond donors (Lipinski definition) is 0. The van der Waals surface area contributed by atoms with Gasteiger partial charge in [-0.2, -0.15) is 0 Å². The smallest absolute Gasteiger partial charge is 0.293 e. The van der Waals surface area contributed by atoms with Gasteiger partial charge in [0, 0.05) is 23.6 Å². The maximum Gasteiger partial charge on any atom is 0.293 e. The summed E-state index contributed by atoms with van der Waals surface area (Å²) < 4.78 is 0. The largest absolute Gasteiger partial charge is 0.364 e. The first-order valence-corrected chi connectivity index (χ1v) is 6.47. The van der Waals surface area contributed by atoms with Crippen molar-refractivity contribution < 1.29 is 9.72 Å². The lowest BCUT2D eigenvalue weighted by molar-refractivity contribution is -0.384. The van der Waals surface area contributed by atoms with Gasteiger partial charge in [0.05, 0.1) is 11.5 Å². The van der Waals surface area contributed by atoms with Crippen LogP contribution in [0.1, 0.15) is 15.2 Å². The number of nitro groups is 1. The first kappa shape index (κ1) is 13.2. The molecule has 19 heavy (non-hydrogen) atoms. The fourth-order valence-corrected chi connectivity index (χ4v) is 2.56. The van der Waals surface area contributed by atoms with E-state index in [1.54, 1.807) is 35.4 Å². The Labute approximate surface area is 114 Å². The van der Waals surface area contributed by atoms with Gasteiger partial charge < -0.3 is 4.90 Å². The zero-order chi connectivity index (χ0) is 13.8. The van der Waals surface area contributed by atoms with Gasteiger partial charge in [-0.3, -0.25) is 14.9 Å². The topological polar surface area (TPSA) is 63.5 Å². The van der Waals surface area contributed by atoms with Crippen LogP contribution in [-0.4, -0.2) is 18.3 Å². The zero-order valence-corrected chi connectivity index (χ0v) is 11.1. The van der Waals surface area contributed by atoms with Crippen molar-refractivity contribution in [3.05, 3.63) is 56.3 Å². The Balaban J connectivity index is 2.32. The second-order valence-corrected chi connectivity index (χ2v) is 5.09. The van der Waals surface area contributed by atoms with Crippen LogP contribution in [0.3, 0.4) is 0 Å². The molecule has 5 nitrogen and oxygen atoms in total. The molecule has 0 radical (unpaired) electrons. The molecule has 0 saturated heterocycles. The van der Waals surface area contributed by atoms with Crippen LogP contribution in [0.2, 0.25) is 0 Å².